The third kappa shape index (κ3) is 4.82. The van der Waals surface area contributed by atoms with Gasteiger partial charge in [-0.15, -0.1) is 0 Å². The van der Waals surface area contributed by atoms with Gasteiger partial charge in [-0.3, -0.25) is 4.79 Å². The van der Waals surface area contributed by atoms with Crippen LogP contribution >= 0.6 is 0 Å². The van der Waals surface area contributed by atoms with E-state index in [1.807, 2.05) is 67.7 Å². The molecule has 1 N–H and O–H groups in total. The lowest BCUT2D eigenvalue weighted by Gasteiger charge is -2.31. The summed E-state index contributed by atoms with van der Waals surface area (Å²) in [6.07, 6.45) is 6.62. The Morgan fingerprint density at radius 3 is 2.69 bits per heavy atom. The van der Waals surface area contributed by atoms with Crippen molar-refractivity contribution < 1.29 is 13.9 Å². The highest BCUT2D eigenvalue weighted by Gasteiger charge is 2.40. The zero-order chi connectivity index (χ0) is 24.4. The summed E-state index contributed by atoms with van der Waals surface area (Å²) in [7, 11) is 0. The van der Waals surface area contributed by atoms with Crippen LogP contribution in [-0.4, -0.2) is 33.4 Å². The molecule has 35 heavy (non-hydrogen) atoms. The lowest BCUT2D eigenvalue weighted by Crippen LogP contribution is -2.47. The van der Waals surface area contributed by atoms with Crippen LogP contribution in [0.4, 0.5) is 0 Å². The number of hydrogen-bond acceptors (Lipinski definition) is 6. The van der Waals surface area contributed by atoms with Gasteiger partial charge in [-0.2, -0.15) is 0 Å². The molecular formula is C28H32N4O3. The zero-order valence-corrected chi connectivity index (χ0v) is 20.5. The van der Waals surface area contributed by atoms with Crippen LogP contribution in [0.15, 0.2) is 65.3 Å². The summed E-state index contributed by atoms with van der Waals surface area (Å²) in [5, 5.41) is 1.92. The van der Waals surface area contributed by atoms with Gasteiger partial charge < -0.3 is 19.1 Å². The van der Waals surface area contributed by atoms with Gasteiger partial charge in [-0.1, -0.05) is 43.7 Å². The molecule has 2 aliphatic rings. The third-order valence-electron chi connectivity index (χ3n) is 6.71. The van der Waals surface area contributed by atoms with Crippen molar-refractivity contribution in [3.8, 4) is 17.2 Å². The first-order chi connectivity index (χ1) is 17.0. The summed E-state index contributed by atoms with van der Waals surface area (Å²) in [4.78, 5) is 19.8. The fourth-order valence-corrected chi connectivity index (χ4v) is 4.58. The number of rotatable bonds is 8. The number of carbonyl (C=O) groups is 1. The summed E-state index contributed by atoms with van der Waals surface area (Å²) in [6.45, 7) is 7.21. The van der Waals surface area contributed by atoms with Crippen LogP contribution in [0.2, 0.25) is 0 Å². The molecule has 0 spiro atoms. The second-order valence-electron chi connectivity index (χ2n) is 9.21. The van der Waals surface area contributed by atoms with E-state index in [0.717, 1.165) is 53.3 Å². The molecule has 2 aliphatic heterocycles. The standard InChI is InChI=1S/C28H32N4O3/c1-4-5-16-34-22-12-10-21(11-13-22)24-17-26-28(33)31(14-15-32(26)30-24)18-25-20(3)35-27(29-25)23-9-7-6-8-19(23)2/h6-15,24,26,30H,4-5,16-18H2,1-3H3. The van der Waals surface area contributed by atoms with Crippen molar-refractivity contribution in [3.63, 3.8) is 0 Å². The molecule has 5 rings (SSSR count). The second-order valence-corrected chi connectivity index (χ2v) is 9.21. The molecule has 7 nitrogen and oxygen atoms in total. The van der Waals surface area contributed by atoms with Crippen molar-refractivity contribution in [3.05, 3.63) is 83.5 Å². The summed E-state index contributed by atoms with van der Waals surface area (Å²) in [6, 6.07) is 16.0. The monoisotopic (exact) mass is 472 g/mol. The van der Waals surface area contributed by atoms with E-state index in [9.17, 15) is 4.79 Å². The van der Waals surface area contributed by atoms with E-state index < -0.39 is 0 Å². The molecule has 0 saturated carbocycles. The summed E-state index contributed by atoms with van der Waals surface area (Å²) in [5.74, 6) is 2.26. The van der Waals surface area contributed by atoms with E-state index in [-0.39, 0.29) is 18.0 Å². The molecule has 0 bridgehead atoms. The van der Waals surface area contributed by atoms with Crippen LogP contribution < -0.4 is 10.2 Å². The molecule has 2 aromatic carbocycles. The van der Waals surface area contributed by atoms with Crippen molar-refractivity contribution in [1.82, 2.24) is 20.3 Å². The number of aromatic nitrogens is 1. The lowest BCUT2D eigenvalue weighted by atomic mass is 10.0. The fourth-order valence-electron chi connectivity index (χ4n) is 4.58. The minimum Gasteiger partial charge on any atom is -0.494 e. The van der Waals surface area contributed by atoms with Gasteiger partial charge in [0.05, 0.1) is 19.2 Å². The van der Waals surface area contributed by atoms with E-state index in [1.165, 1.54) is 0 Å². The zero-order valence-electron chi connectivity index (χ0n) is 20.5. The van der Waals surface area contributed by atoms with E-state index in [4.69, 9.17) is 14.1 Å². The smallest absolute Gasteiger partial charge is 0.251 e. The summed E-state index contributed by atoms with van der Waals surface area (Å²) < 4.78 is 11.7. The molecule has 1 saturated heterocycles. The number of benzene rings is 2. The van der Waals surface area contributed by atoms with E-state index in [2.05, 4.69) is 24.5 Å². The largest absolute Gasteiger partial charge is 0.494 e. The minimum absolute atomic E-state index is 0.0573. The normalized spacial score (nSPS) is 19.3. The second kappa shape index (κ2) is 9.96. The molecule has 1 aromatic heterocycles. The number of aryl methyl sites for hydroxylation is 2. The number of hydrazine groups is 1. The number of fused-ring (bicyclic) bond motifs is 1. The SMILES string of the molecule is CCCCOc1ccc(C2CC3C(=O)N(Cc4nc(-c5ccccc5C)oc4C)C=CN3N2)cc1. The van der Waals surface area contributed by atoms with Gasteiger partial charge in [0.15, 0.2) is 0 Å². The summed E-state index contributed by atoms with van der Waals surface area (Å²) in [5.41, 5.74) is 7.46. The topological polar surface area (TPSA) is 70.8 Å². The number of amides is 1. The maximum Gasteiger partial charge on any atom is 0.251 e. The van der Waals surface area contributed by atoms with Crippen LogP contribution in [0.5, 0.6) is 5.75 Å². The van der Waals surface area contributed by atoms with Crippen LogP contribution in [0.25, 0.3) is 11.5 Å². The Labute approximate surface area is 206 Å². The highest BCUT2D eigenvalue weighted by Crippen LogP contribution is 2.32. The molecule has 1 amide bonds. The van der Waals surface area contributed by atoms with Crippen LogP contribution in [0.1, 0.15) is 54.8 Å². The van der Waals surface area contributed by atoms with Gasteiger partial charge in [0.2, 0.25) is 5.89 Å². The van der Waals surface area contributed by atoms with E-state index in [0.29, 0.717) is 18.9 Å². The lowest BCUT2D eigenvalue weighted by molar-refractivity contribution is -0.135. The molecular weight excluding hydrogens is 440 g/mol. The van der Waals surface area contributed by atoms with Crippen LogP contribution in [0.3, 0.4) is 0 Å². The number of carbonyl (C=O) groups excluding carboxylic acids is 1. The van der Waals surface area contributed by atoms with Crippen molar-refractivity contribution >= 4 is 5.91 Å². The summed E-state index contributed by atoms with van der Waals surface area (Å²) >= 11 is 0. The first-order valence-corrected chi connectivity index (χ1v) is 12.3. The number of oxazole rings is 1. The van der Waals surface area contributed by atoms with Crippen molar-refractivity contribution in [2.75, 3.05) is 6.61 Å². The molecule has 7 heteroatoms. The highest BCUT2D eigenvalue weighted by molar-refractivity contribution is 5.84. The molecule has 0 aliphatic carbocycles. The average molecular weight is 473 g/mol. The predicted molar refractivity (Wildman–Crippen MR) is 134 cm³/mol. The van der Waals surface area contributed by atoms with E-state index >= 15 is 0 Å². The number of hydrogen-bond donors (Lipinski definition) is 1. The maximum absolute atomic E-state index is 13.3. The number of nitrogens with zero attached hydrogens (tertiary/aromatic N) is 3. The van der Waals surface area contributed by atoms with Gasteiger partial charge in [0.1, 0.15) is 23.2 Å². The number of nitrogens with one attached hydrogen (secondary N) is 1. The Kier molecular flexibility index (Phi) is 6.59. The number of unbranched alkanes of at least 4 members (excludes halogenated alkanes) is 1. The molecule has 0 radical (unpaired) electrons. The maximum atomic E-state index is 13.3. The molecule has 3 heterocycles. The van der Waals surface area contributed by atoms with Crippen molar-refractivity contribution in [2.45, 2.75) is 58.7 Å². The van der Waals surface area contributed by atoms with E-state index in [1.54, 1.807) is 4.90 Å². The van der Waals surface area contributed by atoms with Gasteiger partial charge in [0.25, 0.3) is 5.91 Å². The van der Waals surface area contributed by atoms with Crippen molar-refractivity contribution in [2.24, 2.45) is 0 Å². The fraction of sp³-hybridized carbons (Fsp3) is 0.357. The highest BCUT2D eigenvalue weighted by atomic mass is 16.5. The minimum atomic E-state index is -0.256. The Hall–Kier alpha value is -3.58. The quantitative estimate of drug-likeness (QED) is 0.450. The molecule has 2 atom stereocenters. The van der Waals surface area contributed by atoms with Gasteiger partial charge in [-0.05, 0) is 56.0 Å². The Morgan fingerprint density at radius 2 is 1.91 bits per heavy atom. The molecule has 182 valence electrons. The first kappa shape index (κ1) is 23.2. The van der Waals surface area contributed by atoms with Crippen LogP contribution in [0, 0.1) is 13.8 Å². The molecule has 3 aromatic rings. The molecule has 2 unspecified atom stereocenters. The molecule has 1 fully saturated rings. The van der Waals surface area contributed by atoms with Crippen LogP contribution in [-0.2, 0) is 11.3 Å². The van der Waals surface area contributed by atoms with Gasteiger partial charge >= 0.3 is 0 Å². The predicted octanol–water partition coefficient (Wildman–Crippen LogP) is 5.27. The average Bonchev–Trinajstić information content (AvgIpc) is 3.46. The third-order valence-corrected chi connectivity index (χ3v) is 6.71. The van der Waals surface area contributed by atoms with Gasteiger partial charge in [-0.25, -0.2) is 10.4 Å². The first-order valence-electron chi connectivity index (χ1n) is 12.3. The van der Waals surface area contributed by atoms with Gasteiger partial charge in [0, 0.05) is 18.0 Å². The Morgan fingerprint density at radius 1 is 1.11 bits per heavy atom. The Bertz CT molecular complexity index is 1220. The number of ether oxygens (including phenoxy) is 1. The Balaban J connectivity index is 1.25. The van der Waals surface area contributed by atoms with Crippen molar-refractivity contribution in [1.29, 1.82) is 0 Å².